The van der Waals surface area contributed by atoms with E-state index in [1.807, 2.05) is 0 Å². The van der Waals surface area contributed by atoms with Crippen molar-refractivity contribution in [3.05, 3.63) is 29.3 Å². The summed E-state index contributed by atoms with van der Waals surface area (Å²) in [6.45, 7) is 0. The van der Waals surface area contributed by atoms with E-state index in [0.717, 1.165) is 5.56 Å². The minimum atomic E-state index is -0.484. The van der Waals surface area contributed by atoms with Crippen LogP contribution in [-0.4, -0.2) is 26.2 Å². The maximum atomic E-state index is 11.4. The number of methoxy groups -OCH3 is 2. The monoisotopic (exact) mass is 237 g/mol. The maximum absolute atomic E-state index is 11.4. The minimum absolute atomic E-state index is 0.228. The molecule has 5 nitrogen and oxygen atoms in total. The first-order chi connectivity index (χ1) is 8.10. The summed E-state index contributed by atoms with van der Waals surface area (Å²) < 4.78 is 9.15. The molecule has 0 heterocycles. The molecule has 0 atom stereocenters. The molecule has 0 spiro atoms. The summed E-state index contributed by atoms with van der Waals surface area (Å²) in [7, 11) is 2.62. The van der Waals surface area contributed by atoms with Crippen molar-refractivity contribution in [1.82, 2.24) is 0 Å². The normalized spacial score (nSPS) is 9.76. The van der Waals surface area contributed by atoms with E-state index in [4.69, 9.17) is 5.73 Å². The number of esters is 2. The Balaban J connectivity index is 2.87. The number of ether oxygens (including phenoxy) is 2. The molecule has 0 saturated heterocycles. The van der Waals surface area contributed by atoms with Gasteiger partial charge in [0.05, 0.1) is 19.8 Å². The van der Waals surface area contributed by atoms with Gasteiger partial charge in [0.2, 0.25) is 0 Å². The number of rotatable bonds is 4. The van der Waals surface area contributed by atoms with Crippen molar-refractivity contribution in [3.63, 3.8) is 0 Å². The van der Waals surface area contributed by atoms with Crippen LogP contribution in [-0.2, 0) is 20.7 Å². The summed E-state index contributed by atoms with van der Waals surface area (Å²) >= 11 is 0. The average Bonchev–Trinajstić information content (AvgIpc) is 2.36. The number of carbonyl (C=O) groups is 2. The fourth-order valence-electron chi connectivity index (χ4n) is 1.46. The second-order valence-electron chi connectivity index (χ2n) is 3.45. The van der Waals surface area contributed by atoms with Crippen molar-refractivity contribution < 1.29 is 19.1 Å². The number of nitrogens with two attached hydrogens (primary N) is 1. The molecule has 0 aliphatic rings. The molecule has 0 aliphatic carbocycles. The van der Waals surface area contributed by atoms with Gasteiger partial charge < -0.3 is 15.2 Å². The van der Waals surface area contributed by atoms with Gasteiger partial charge in [-0.05, 0) is 18.1 Å². The third kappa shape index (κ3) is 3.21. The summed E-state index contributed by atoms with van der Waals surface area (Å²) in [4.78, 5) is 22.4. The Labute approximate surface area is 99.5 Å². The third-order valence-corrected chi connectivity index (χ3v) is 2.43. The lowest BCUT2D eigenvalue weighted by Gasteiger charge is -2.08. The van der Waals surface area contributed by atoms with E-state index in [2.05, 4.69) is 9.47 Å². The summed E-state index contributed by atoms with van der Waals surface area (Å²) in [6.07, 6.45) is 0.661. The largest absolute Gasteiger partial charge is 0.469 e. The van der Waals surface area contributed by atoms with Gasteiger partial charge in [0.1, 0.15) is 0 Å². The number of nitrogen functional groups attached to an aromatic ring is 1. The Hall–Kier alpha value is -2.04. The third-order valence-electron chi connectivity index (χ3n) is 2.43. The van der Waals surface area contributed by atoms with Crippen LogP contribution in [0.25, 0.3) is 0 Å². The van der Waals surface area contributed by atoms with Crippen LogP contribution in [0.15, 0.2) is 18.2 Å². The number of aryl methyl sites for hydroxylation is 1. The second-order valence-corrected chi connectivity index (χ2v) is 3.45. The predicted molar refractivity (Wildman–Crippen MR) is 62.5 cm³/mol. The molecule has 0 radical (unpaired) electrons. The smallest absolute Gasteiger partial charge is 0.339 e. The van der Waals surface area contributed by atoms with Gasteiger partial charge in [-0.2, -0.15) is 0 Å². The van der Waals surface area contributed by atoms with Crippen molar-refractivity contribution in [2.75, 3.05) is 20.0 Å². The zero-order valence-electron chi connectivity index (χ0n) is 9.86. The lowest BCUT2D eigenvalue weighted by atomic mass is 10.0. The van der Waals surface area contributed by atoms with Gasteiger partial charge in [-0.1, -0.05) is 12.1 Å². The SMILES string of the molecule is COC(=O)CCc1cccc(C(=O)OC)c1N. The van der Waals surface area contributed by atoms with Crippen LogP contribution >= 0.6 is 0 Å². The summed E-state index contributed by atoms with van der Waals surface area (Å²) in [6, 6.07) is 5.06. The number of hydrogen-bond donors (Lipinski definition) is 1. The van der Waals surface area contributed by atoms with E-state index >= 15 is 0 Å². The number of hydrogen-bond acceptors (Lipinski definition) is 5. The Morgan fingerprint density at radius 1 is 1.24 bits per heavy atom. The van der Waals surface area contributed by atoms with Crippen molar-refractivity contribution in [2.24, 2.45) is 0 Å². The van der Waals surface area contributed by atoms with Gasteiger partial charge in [0.25, 0.3) is 0 Å². The van der Waals surface area contributed by atoms with Crippen molar-refractivity contribution in [1.29, 1.82) is 0 Å². The summed E-state index contributed by atoms with van der Waals surface area (Å²) in [5, 5.41) is 0. The zero-order chi connectivity index (χ0) is 12.8. The zero-order valence-corrected chi connectivity index (χ0v) is 9.86. The molecule has 0 fully saturated rings. The van der Waals surface area contributed by atoms with E-state index in [1.165, 1.54) is 14.2 Å². The lowest BCUT2D eigenvalue weighted by molar-refractivity contribution is -0.140. The van der Waals surface area contributed by atoms with Crippen molar-refractivity contribution in [3.8, 4) is 0 Å². The molecular weight excluding hydrogens is 222 g/mol. The highest BCUT2D eigenvalue weighted by Gasteiger charge is 2.13. The minimum Gasteiger partial charge on any atom is -0.469 e. The highest BCUT2D eigenvalue weighted by atomic mass is 16.5. The van der Waals surface area contributed by atoms with Gasteiger partial charge in [0, 0.05) is 12.1 Å². The number of carbonyl (C=O) groups excluding carboxylic acids is 2. The summed E-state index contributed by atoms with van der Waals surface area (Å²) in [5.41, 5.74) is 7.23. The lowest BCUT2D eigenvalue weighted by Crippen LogP contribution is -2.09. The molecule has 0 saturated carbocycles. The first-order valence-electron chi connectivity index (χ1n) is 5.12. The van der Waals surface area contributed by atoms with Crippen molar-refractivity contribution in [2.45, 2.75) is 12.8 Å². The number of anilines is 1. The van der Waals surface area contributed by atoms with Gasteiger partial charge >= 0.3 is 11.9 Å². The Kier molecular flexibility index (Phi) is 4.51. The standard InChI is InChI=1S/C12H15NO4/c1-16-10(14)7-6-8-4-3-5-9(11(8)13)12(15)17-2/h3-5H,6-7,13H2,1-2H3. The number of para-hydroxylation sites is 1. The van der Waals surface area contributed by atoms with E-state index in [9.17, 15) is 9.59 Å². The van der Waals surface area contributed by atoms with E-state index < -0.39 is 5.97 Å². The molecule has 0 aliphatic heterocycles. The van der Waals surface area contributed by atoms with Crippen LogP contribution in [0.2, 0.25) is 0 Å². The molecule has 1 aromatic rings. The van der Waals surface area contributed by atoms with Gasteiger partial charge in [0.15, 0.2) is 0 Å². The maximum Gasteiger partial charge on any atom is 0.339 e. The molecule has 0 aromatic heterocycles. The van der Waals surface area contributed by atoms with Crippen LogP contribution in [0, 0.1) is 0 Å². The molecule has 0 unspecified atom stereocenters. The Bertz CT molecular complexity index is 429. The van der Waals surface area contributed by atoms with Gasteiger partial charge in [-0.15, -0.1) is 0 Å². The van der Waals surface area contributed by atoms with Crippen LogP contribution in [0.5, 0.6) is 0 Å². The van der Waals surface area contributed by atoms with Crippen LogP contribution in [0.4, 0.5) is 5.69 Å². The average molecular weight is 237 g/mol. The molecular formula is C12H15NO4. The molecule has 0 amide bonds. The van der Waals surface area contributed by atoms with Gasteiger partial charge in [-0.25, -0.2) is 4.79 Å². The summed E-state index contributed by atoms with van der Waals surface area (Å²) in [5.74, 6) is -0.796. The molecule has 17 heavy (non-hydrogen) atoms. The number of benzene rings is 1. The molecule has 5 heteroatoms. The fourth-order valence-corrected chi connectivity index (χ4v) is 1.46. The van der Waals surface area contributed by atoms with Crippen LogP contribution in [0.1, 0.15) is 22.3 Å². The molecule has 92 valence electrons. The quantitative estimate of drug-likeness (QED) is 0.628. The first-order valence-corrected chi connectivity index (χ1v) is 5.12. The van der Waals surface area contributed by atoms with E-state index in [0.29, 0.717) is 17.7 Å². The Morgan fingerprint density at radius 3 is 2.53 bits per heavy atom. The Morgan fingerprint density at radius 2 is 1.94 bits per heavy atom. The predicted octanol–water partition coefficient (Wildman–Crippen LogP) is 1.16. The molecule has 0 bridgehead atoms. The van der Waals surface area contributed by atoms with E-state index in [-0.39, 0.29) is 12.4 Å². The van der Waals surface area contributed by atoms with E-state index in [1.54, 1.807) is 18.2 Å². The van der Waals surface area contributed by atoms with Crippen molar-refractivity contribution >= 4 is 17.6 Å². The topological polar surface area (TPSA) is 78.6 Å². The molecule has 1 rings (SSSR count). The van der Waals surface area contributed by atoms with Crippen LogP contribution < -0.4 is 5.73 Å². The molecule has 1 aromatic carbocycles. The highest BCUT2D eigenvalue weighted by molar-refractivity contribution is 5.95. The second kappa shape index (κ2) is 5.89. The van der Waals surface area contributed by atoms with Crippen LogP contribution in [0.3, 0.4) is 0 Å². The first kappa shape index (κ1) is 13.0. The molecule has 2 N–H and O–H groups in total. The van der Waals surface area contributed by atoms with Gasteiger partial charge in [-0.3, -0.25) is 4.79 Å². The highest BCUT2D eigenvalue weighted by Crippen LogP contribution is 2.19. The fraction of sp³-hybridized carbons (Fsp3) is 0.333.